The number of nitrogens with one attached hydrogen (secondary N) is 1. The second-order valence-corrected chi connectivity index (χ2v) is 3.15. The largest absolute Gasteiger partial charge is 0.468 e. The monoisotopic (exact) mass is 271 g/mol. The van der Waals surface area contributed by atoms with Crippen molar-refractivity contribution in [3.8, 4) is 6.07 Å². The van der Waals surface area contributed by atoms with Crippen molar-refractivity contribution in [3.05, 3.63) is 0 Å². The number of carbonyl (C=O) groups is 4. The number of carbonyl (C=O) groups excluding carboxylic acids is 4. The van der Waals surface area contributed by atoms with E-state index < -0.39 is 36.8 Å². The zero-order valence-electron chi connectivity index (χ0n) is 10.5. The van der Waals surface area contributed by atoms with Crippen molar-refractivity contribution in [1.29, 1.82) is 5.26 Å². The van der Waals surface area contributed by atoms with Crippen molar-refractivity contribution < 1.29 is 28.7 Å². The smallest absolute Gasteiger partial charge is 0.325 e. The van der Waals surface area contributed by atoms with Gasteiger partial charge in [0.1, 0.15) is 19.6 Å². The van der Waals surface area contributed by atoms with Crippen molar-refractivity contribution in [1.82, 2.24) is 10.2 Å². The molecule has 0 fully saturated rings. The van der Waals surface area contributed by atoms with Gasteiger partial charge in [0.25, 0.3) is 0 Å². The molecule has 0 aromatic heterocycles. The Bertz CT molecular complexity index is 396. The second-order valence-electron chi connectivity index (χ2n) is 3.15. The number of hydrogen-bond acceptors (Lipinski definition) is 7. The summed E-state index contributed by atoms with van der Waals surface area (Å²) in [5.74, 6) is -3.84. The van der Waals surface area contributed by atoms with Gasteiger partial charge in [-0.25, -0.2) is 0 Å². The molecule has 0 heterocycles. The molecule has 9 heteroatoms. The molecular formula is C10H13N3O6. The van der Waals surface area contributed by atoms with Crippen LogP contribution in [0.4, 0.5) is 0 Å². The Morgan fingerprint density at radius 3 is 1.95 bits per heavy atom. The maximum Gasteiger partial charge on any atom is 0.325 e. The first-order valence-corrected chi connectivity index (χ1v) is 5.04. The Balaban J connectivity index is 4.76. The number of amides is 2. The predicted octanol–water partition coefficient (Wildman–Crippen LogP) is -2.20. The van der Waals surface area contributed by atoms with Gasteiger partial charge in [0.2, 0.25) is 0 Å². The first-order valence-electron chi connectivity index (χ1n) is 5.04. The Kier molecular flexibility index (Phi) is 7.29. The van der Waals surface area contributed by atoms with Crippen molar-refractivity contribution in [2.75, 3.05) is 33.9 Å². The average molecular weight is 271 g/mol. The summed E-state index contributed by atoms with van der Waals surface area (Å²) in [6, 6.07) is 1.61. The third-order valence-electron chi connectivity index (χ3n) is 1.90. The van der Waals surface area contributed by atoms with Crippen molar-refractivity contribution in [2.45, 2.75) is 0 Å². The first kappa shape index (κ1) is 16.4. The maximum absolute atomic E-state index is 11.6. The second kappa shape index (κ2) is 8.46. The molecule has 0 spiro atoms. The van der Waals surface area contributed by atoms with E-state index in [-0.39, 0.29) is 6.54 Å². The van der Waals surface area contributed by atoms with E-state index in [1.165, 1.54) is 0 Å². The fourth-order valence-electron chi connectivity index (χ4n) is 0.979. The normalized spacial score (nSPS) is 8.89. The van der Waals surface area contributed by atoms with E-state index in [2.05, 4.69) is 9.47 Å². The van der Waals surface area contributed by atoms with E-state index in [1.807, 2.05) is 5.32 Å². The van der Waals surface area contributed by atoms with Crippen LogP contribution in [0, 0.1) is 11.3 Å². The SMILES string of the molecule is COC(=O)CN(CC(=O)OC)C(=O)C(=O)NCC#N. The molecule has 1 N–H and O–H groups in total. The molecule has 0 aliphatic rings. The van der Waals surface area contributed by atoms with Gasteiger partial charge in [-0.05, 0) is 0 Å². The van der Waals surface area contributed by atoms with Crippen molar-refractivity contribution >= 4 is 23.8 Å². The van der Waals surface area contributed by atoms with Crippen LogP contribution in [0.1, 0.15) is 0 Å². The lowest BCUT2D eigenvalue weighted by atomic mass is 10.4. The van der Waals surface area contributed by atoms with E-state index in [0.717, 1.165) is 14.2 Å². The minimum atomic E-state index is -1.13. The molecular weight excluding hydrogens is 258 g/mol. The summed E-state index contributed by atoms with van der Waals surface area (Å²) in [5.41, 5.74) is 0. The molecule has 0 aliphatic carbocycles. The number of ether oxygens (including phenoxy) is 2. The molecule has 104 valence electrons. The van der Waals surface area contributed by atoms with Crippen LogP contribution in [0.5, 0.6) is 0 Å². The van der Waals surface area contributed by atoms with Gasteiger partial charge >= 0.3 is 23.8 Å². The third-order valence-corrected chi connectivity index (χ3v) is 1.90. The van der Waals surface area contributed by atoms with Gasteiger partial charge in [-0.1, -0.05) is 0 Å². The Hall–Kier alpha value is -2.63. The summed E-state index contributed by atoms with van der Waals surface area (Å²) in [4.78, 5) is 45.8. The topological polar surface area (TPSA) is 126 Å². The highest BCUT2D eigenvalue weighted by atomic mass is 16.5. The average Bonchev–Trinajstić information content (AvgIpc) is 2.42. The number of nitrogens with zero attached hydrogens (tertiary/aromatic N) is 2. The van der Waals surface area contributed by atoms with Gasteiger partial charge in [0.05, 0.1) is 20.3 Å². The van der Waals surface area contributed by atoms with E-state index in [0.29, 0.717) is 4.90 Å². The third kappa shape index (κ3) is 6.02. The van der Waals surface area contributed by atoms with Gasteiger partial charge < -0.3 is 19.7 Å². The van der Waals surface area contributed by atoms with E-state index >= 15 is 0 Å². The quantitative estimate of drug-likeness (QED) is 0.341. The lowest BCUT2D eigenvalue weighted by Crippen LogP contribution is -2.47. The molecule has 0 atom stereocenters. The maximum atomic E-state index is 11.6. The van der Waals surface area contributed by atoms with Crippen LogP contribution >= 0.6 is 0 Å². The van der Waals surface area contributed by atoms with Crippen LogP contribution in [0.3, 0.4) is 0 Å². The van der Waals surface area contributed by atoms with Crippen molar-refractivity contribution in [3.63, 3.8) is 0 Å². The summed E-state index contributed by atoms with van der Waals surface area (Å²) >= 11 is 0. The van der Waals surface area contributed by atoms with Gasteiger partial charge in [-0.3, -0.25) is 19.2 Å². The zero-order valence-corrected chi connectivity index (χ0v) is 10.5. The van der Waals surface area contributed by atoms with Gasteiger partial charge in [-0.15, -0.1) is 0 Å². The molecule has 9 nitrogen and oxygen atoms in total. The van der Waals surface area contributed by atoms with Crippen LogP contribution in [-0.4, -0.2) is 62.5 Å². The molecule has 19 heavy (non-hydrogen) atoms. The number of hydrogen-bond donors (Lipinski definition) is 1. The Labute approximate surface area is 109 Å². The van der Waals surface area contributed by atoms with E-state index in [1.54, 1.807) is 6.07 Å². The summed E-state index contributed by atoms with van der Waals surface area (Å²) in [5, 5.41) is 10.3. The van der Waals surface area contributed by atoms with Crippen LogP contribution in [0.2, 0.25) is 0 Å². The Morgan fingerprint density at radius 2 is 1.58 bits per heavy atom. The summed E-state index contributed by atoms with van der Waals surface area (Å²) < 4.78 is 8.68. The molecule has 0 aromatic carbocycles. The standard InChI is InChI=1S/C10H13N3O6/c1-18-7(14)5-13(6-8(15)19-2)10(17)9(16)12-4-3-11/h4-6H2,1-2H3,(H,12,16). The summed E-state index contributed by atoms with van der Waals surface area (Å²) in [7, 11) is 2.19. The van der Waals surface area contributed by atoms with Crippen LogP contribution in [-0.2, 0) is 28.7 Å². The van der Waals surface area contributed by atoms with Crippen LogP contribution in [0.15, 0.2) is 0 Å². The van der Waals surface area contributed by atoms with Gasteiger partial charge in [0.15, 0.2) is 0 Å². The predicted molar refractivity (Wildman–Crippen MR) is 59.2 cm³/mol. The zero-order chi connectivity index (χ0) is 14.8. The highest BCUT2D eigenvalue weighted by Crippen LogP contribution is 1.94. The minimum Gasteiger partial charge on any atom is -0.468 e. The van der Waals surface area contributed by atoms with Crippen LogP contribution in [0.25, 0.3) is 0 Å². The molecule has 0 rings (SSSR count). The molecule has 0 bridgehead atoms. The fraction of sp³-hybridized carbons (Fsp3) is 0.500. The molecule has 0 aromatic rings. The van der Waals surface area contributed by atoms with Crippen molar-refractivity contribution in [2.24, 2.45) is 0 Å². The highest BCUT2D eigenvalue weighted by Gasteiger charge is 2.26. The highest BCUT2D eigenvalue weighted by molar-refractivity contribution is 6.35. The number of methoxy groups -OCH3 is 2. The molecule has 0 aliphatic heterocycles. The summed E-state index contributed by atoms with van der Waals surface area (Å²) in [6.45, 7) is -1.52. The van der Waals surface area contributed by atoms with Gasteiger partial charge in [0, 0.05) is 0 Å². The molecule has 0 saturated carbocycles. The molecule has 0 radical (unpaired) electrons. The van der Waals surface area contributed by atoms with E-state index in [9.17, 15) is 19.2 Å². The molecule has 0 unspecified atom stereocenters. The summed E-state index contributed by atoms with van der Waals surface area (Å²) in [6.07, 6.45) is 0. The Morgan fingerprint density at radius 1 is 1.11 bits per heavy atom. The number of rotatable bonds is 5. The fourth-order valence-corrected chi connectivity index (χ4v) is 0.979. The minimum absolute atomic E-state index is 0.366. The first-order chi connectivity index (χ1) is 8.96. The number of esters is 2. The van der Waals surface area contributed by atoms with Crippen LogP contribution < -0.4 is 5.32 Å². The van der Waals surface area contributed by atoms with Gasteiger partial charge in [-0.2, -0.15) is 5.26 Å². The lowest BCUT2D eigenvalue weighted by molar-refractivity contribution is -0.155. The molecule has 2 amide bonds. The number of nitriles is 1. The van der Waals surface area contributed by atoms with E-state index in [4.69, 9.17) is 5.26 Å². The molecule has 0 saturated heterocycles. The lowest BCUT2D eigenvalue weighted by Gasteiger charge is -2.18.